The normalized spacial score (nSPS) is 11.9. The highest BCUT2D eigenvalue weighted by atomic mass is 16.5. The van der Waals surface area contributed by atoms with Crippen LogP contribution in [0.2, 0.25) is 0 Å². The van der Waals surface area contributed by atoms with Crippen molar-refractivity contribution in [1.82, 2.24) is 0 Å². The second-order valence-electron chi connectivity index (χ2n) is 4.73. The molecule has 0 radical (unpaired) electrons. The number of methoxy groups -OCH3 is 1. The lowest BCUT2D eigenvalue weighted by Crippen LogP contribution is -2.00. The second-order valence-corrected chi connectivity index (χ2v) is 4.73. The van der Waals surface area contributed by atoms with Gasteiger partial charge in [-0.3, -0.25) is 0 Å². The minimum atomic E-state index is 0.411. The summed E-state index contributed by atoms with van der Waals surface area (Å²) in [5.41, 5.74) is 2.62. The molecule has 0 saturated carbocycles. The van der Waals surface area contributed by atoms with Gasteiger partial charge in [0.2, 0.25) is 0 Å². The third kappa shape index (κ3) is 3.82. The molecule has 0 bridgehead atoms. The molecule has 0 heterocycles. The third-order valence-corrected chi connectivity index (χ3v) is 2.85. The Morgan fingerprint density at radius 1 is 1.24 bits per heavy atom. The van der Waals surface area contributed by atoms with E-state index in [0.29, 0.717) is 11.8 Å². The summed E-state index contributed by atoms with van der Waals surface area (Å²) >= 11 is 0. The molecule has 1 rings (SSSR count). The molecule has 92 valence electrons. The highest BCUT2D eigenvalue weighted by Gasteiger charge is 2.09. The molecule has 1 heteroatoms. The average Bonchev–Trinajstić information content (AvgIpc) is 2.29. The van der Waals surface area contributed by atoms with E-state index in [2.05, 4.69) is 50.8 Å². The van der Waals surface area contributed by atoms with E-state index in [4.69, 9.17) is 4.74 Å². The zero-order valence-corrected chi connectivity index (χ0v) is 11.5. The molecule has 17 heavy (non-hydrogen) atoms. The van der Waals surface area contributed by atoms with Crippen LogP contribution in [0.15, 0.2) is 18.2 Å². The molecule has 0 amide bonds. The first-order valence-corrected chi connectivity index (χ1v) is 6.17. The zero-order chi connectivity index (χ0) is 12.8. The molecule has 0 aliphatic rings. The molecule has 1 unspecified atom stereocenters. The largest absolute Gasteiger partial charge is 0.496 e. The molecule has 1 aromatic carbocycles. The van der Waals surface area contributed by atoms with Crippen molar-refractivity contribution in [2.75, 3.05) is 7.11 Å². The van der Waals surface area contributed by atoms with Crippen molar-refractivity contribution in [3.8, 4) is 17.6 Å². The van der Waals surface area contributed by atoms with Crippen LogP contribution in [-0.2, 0) is 6.42 Å². The van der Waals surface area contributed by atoms with E-state index in [9.17, 15) is 0 Å². The lowest BCUT2D eigenvalue weighted by Gasteiger charge is -2.14. The van der Waals surface area contributed by atoms with Crippen LogP contribution in [0, 0.1) is 17.8 Å². The van der Waals surface area contributed by atoms with E-state index in [-0.39, 0.29) is 0 Å². The SMILES string of the molecule is CC#CC(C)Cc1ccc(OC)c(C(C)C)c1. The van der Waals surface area contributed by atoms with Crippen molar-refractivity contribution >= 4 is 0 Å². The van der Waals surface area contributed by atoms with Crippen LogP contribution in [0.25, 0.3) is 0 Å². The number of benzene rings is 1. The van der Waals surface area contributed by atoms with E-state index in [1.54, 1.807) is 7.11 Å². The predicted molar refractivity (Wildman–Crippen MR) is 73.4 cm³/mol. The molecule has 0 N–H and O–H groups in total. The molecule has 0 spiro atoms. The molecule has 1 nitrogen and oxygen atoms in total. The summed E-state index contributed by atoms with van der Waals surface area (Å²) in [5, 5.41) is 0. The van der Waals surface area contributed by atoms with Gasteiger partial charge in [0.05, 0.1) is 7.11 Å². The van der Waals surface area contributed by atoms with Crippen molar-refractivity contribution in [3.63, 3.8) is 0 Å². The monoisotopic (exact) mass is 230 g/mol. The fourth-order valence-electron chi connectivity index (χ4n) is 2.01. The topological polar surface area (TPSA) is 9.23 Å². The first kappa shape index (κ1) is 13.6. The van der Waals surface area contributed by atoms with Gasteiger partial charge in [-0.25, -0.2) is 0 Å². The maximum atomic E-state index is 5.39. The van der Waals surface area contributed by atoms with E-state index >= 15 is 0 Å². The van der Waals surface area contributed by atoms with E-state index < -0.39 is 0 Å². The molecule has 0 aliphatic carbocycles. The van der Waals surface area contributed by atoms with Gasteiger partial charge in [0.15, 0.2) is 0 Å². The van der Waals surface area contributed by atoms with E-state index in [1.165, 1.54) is 11.1 Å². The number of hydrogen-bond donors (Lipinski definition) is 0. The molecule has 0 fully saturated rings. The fraction of sp³-hybridized carbons (Fsp3) is 0.500. The standard InChI is InChI=1S/C16H22O/c1-6-7-13(4)10-14-8-9-16(17-5)15(11-14)12(2)3/h8-9,11-13H,10H2,1-5H3. The smallest absolute Gasteiger partial charge is 0.122 e. The van der Waals surface area contributed by atoms with Crippen LogP contribution >= 0.6 is 0 Å². The van der Waals surface area contributed by atoms with Crippen molar-refractivity contribution in [3.05, 3.63) is 29.3 Å². The van der Waals surface area contributed by atoms with E-state index in [0.717, 1.165) is 12.2 Å². The summed E-state index contributed by atoms with van der Waals surface area (Å²) < 4.78 is 5.39. The molecular formula is C16H22O. The quantitative estimate of drug-likeness (QED) is 0.710. The van der Waals surface area contributed by atoms with Crippen molar-refractivity contribution in [1.29, 1.82) is 0 Å². The van der Waals surface area contributed by atoms with Crippen molar-refractivity contribution < 1.29 is 4.74 Å². The molecular weight excluding hydrogens is 208 g/mol. The second kappa shape index (κ2) is 6.35. The summed E-state index contributed by atoms with van der Waals surface area (Å²) in [4.78, 5) is 0. The maximum absolute atomic E-state index is 5.39. The summed E-state index contributed by atoms with van der Waals surface area (Å²) in [5.74, 6) is 8.04. The number of ether oxygens (including phenoxy) is 1. The van der Waals surface area contributed by atoms with Crippen molar-refractivity contribution in [2.45, 2.75) is 40.0 Å². The molecule has 1 aromatic rings. The van der Waals surface area contributed by atoms with Gasteiger partial charge in [0, 0.05) is 5.92 Å². The zero-order valence-electron chi connectivity index (χ0n) is 11.5. The fourth-order valence-corrected chi connectivity index (χ4v) is 2.01. The molecule has 0 aliphatic heterocycles. The van der Waals surface area contributed by atoms with Crippen LogP contribution < -0.4 is 4.74 Å². The third-order valence-electron chi connectivity index (χ3n) is 2.85. The number of rotatable bonds is 4. The maximum Gasteiger partial charge on any atom is 0.122 e. The van der Waals surface area contributed by atoms with Crippen LogP contribution in [0.5, 0.6) is 5.75 Å². The van der Waals surface area contributed by atoms with Gasteiger partial charge in [-0.2, -0.15) is 0 Å². The highest BCUT2D eigenvalue weighted by molar-refractivity contribution is 5.39. The van der Waals surface area contributed by atoms with Crippen LogP contribution in [0.3, 0.4) is 0 Å². The predicted octanol–water partition coefficient (Wildman–Crippen LogP) is 4.02. The van der Waals surface area contributed by atoms with Gasteiger partial charge < -0.3 is 4.74 Å². The Bertz CT molecular complexity index is 421. The Morgan fingerprint density at radius 2 is 1.94 bits per heavy atom. The van der Waals surface area contributed by atoms with Crippen LogP contribution in [0.1, 0.15) is 44.7 Å². The lowest BCUT2D eigenvalue weighted by molar-refractivity contribution is 0.407. The average molecular weight is 230 g/mol. The minimum absolute atomic E-state index is 0.411. The summed E-state index contributed by atoms with van der Waals surface area (Å²) in [6, 6.07) is 6.45. The molecule has 1 atom stereocenters. The van der Waals surface area contributed by atoms with Gasteiger partial charge in [-0.1, -0.05) is 32.9 Å². The summed E-state index contributed by atoms with van der Waals surface area (Å²) in [7, 11) is 1.73. The molecule has 0 aromatic heterocycles. The van der Waals surface area contributed by atoms with Gasteiger partial charge in [-0.15, -0.1) is 11.8 Å². The van der Waals surface area contributed by atoms with Crippen LogP contribution in [0.4, 0.5) is 0 Å². The Labute approximate surface area is 105 Å². The highest BCUT2D eigenvalue weighted by Crippen LogP contribution is 2.28. The Balaban J connectivity index is 2.94. The first-order valence-electron chi connectivity index (χ1n) is 6.17. The van der Waals surface area contributed by atoms with Gasteiger partial charge in [0.1, 0.15) is 5.75 Å². The summed E-state index contributed by atoms with van der Waals surface area (Å²) in [6.45, 7) is 8.44. The number of hydrogen-bond acceptors (Lipinski definition) is 1. The Morgan fingerprint density at radius 3 is 2.47 bits per heavy atom. The minimum Gasteiger partial charge on any atom is -0.496 e. The van der Waals surface area contributed by atoms with Crippen molar-refractivity contribution in [2.24, 2.45) is 5.92 Å². The lowest BCUT2D eigenvalue weighted by atomic mass is 9.95. The van der Waals surface area contributed by atoms with Gasteiger partial charge in [-0.05, 0) is 36.5 Å². The van der Waals surface area contributed by atoms with Gasteiger partial charge in [0.25, 0.3) is 0 Å². The summed E-state index contributed by atoms with van der Waals surface area (Å²) in [6.07, 6.45) is 1.00. The van der Waals surface area contributed by atoms with E-state index in [1.807, 2.05) is 6.92 Å². The first-order chi connectivity index (χ1) is 8.08. The molecule has 0 saturated heterocycles. The van der Waals surface area contributed by atoms with Gasteiger partial charge >= 0.3 is 0 Å². The van der Waals surface area contributed by atoms with Crippen LogP contribution in [-0.4, -0.2) is 7.11 Å². The Hall–Kier alpha value is -1.42. The Kier molecular flexibility index (Phi) is 5.10.